The van der Waals surface area contributed by atoms with Crippen molar-refractivity contribution in [3.8, 4) is 0 Å². The lowest BCUT2D eigenvalue weighted by Gasteiger charge is -2.12. The van der Waals surface area contributed by atoms with Gasteiger partial charge in [0, 0.05) is 10.8 Å². The van der Waals surface area contributed by atoms with Gasteiger partial charge in [-0.05, 0) is 12.1 Å². The Morgan fingerprint density at radius 3 is 2.38 bits per heavy atom. The zero-order chi connectivity index (χ0) is 17.4. The summed E-state index contributed by atoms with van der Waals surface area (Å²) in [5.74, 6) is -1.61. The number of para-hydroxylation sites is 1. The number of rotatable bonds is 2. The molecular weight excluding hydrogens is 314 g/mol. The lowest BCUT2D eigenvalue weighted by atomic mass is 9.97. The molecule has 0 spiro atoms. The van der Waals surface area contributed by atoms with Crippen LogP contribution in [0.2, 0.25) is 0 Å². The van der Waals surface area contributed by atoms with Crippen LogP contribution in [-0.4, -0.2) is 26.2 Å². The van der Waals surface area contributed by atoms with Gasteiger partial charge in [-0.15, -0.1) is 0 Å². The van der Waals surface area contributed by atoms with Crippen molar-refractivity contribution < 1.29 is 23.5 Å². The first kappa shape index (κ1) is 15.5. The van der Waals surface area contributed by atoms with Crippen molar-refractivity contribution in [1.29, 1.82) is 0 Å². The highest BCUT2D eigenvalue weighted by Crippen LogP contribution is 2.32. The smallest absolute Gasteiger partial charge is 0.346 e. The SMILES string of the molecule is COC(=O)c1cc2c(c(N)c1C(=O)OC)c(=O)oc1ccccc12. The number of esters is 2. The van der Waals surface area contributed by atoms with Crippen molar-refractivity contribution in [2.75, 3.05) is 20.0 Å². The molecule has 0 saturated carbocycles. The first-order valence-corrected chi connectivity index (χ1v) is 6.94. The Labute approximate surface area is 135 Å². The van der Waals surface area contributed by atoms with Crippen LogP contribution in [0.3, 0.4) is 0 Å². The molecular formula is C17H13NO6. The predicted octanol–water partition coefficient (Wildman–Crippen LogP) is 2.10. The number of carbonyl (C=O) groups excluding carboxylic acids is 2. The van der Waals surface area contributed by atoms with Crippen molar-refractivity contribution in [3.63, 3.8) is 0 Å². The minimum Gasteiger partial charge on any atom is -0.465 e. The van der Waals surface area contributed by atoms with Crippen LogP contribution in [-0.2, 0) is 9.47 Å². The zero-order valence-electron chi connectivity index (χ0n) is 12.9. The van der Waals surface area contributed by atoms with Crippen LogP contribution in [0.15, 0.2) is 39.5 Å². The summed E-state index contributed by atoms with van der Waals surface area (Å²) in [5.41, 5.74) is 5.17. The number of anilines is 1. The van der Waals surface area contributed by atoms with Gasteiger partial charge in [-0.25, -0.2) is 14.4 Å². The Bertz CT molecular complexity index is 1050. The molecule has 122 valence electrons. The van der Waals surface area contributed by atoms with Crippen LogP contribution in [0.25, 0.3) is 21.7 Å². The van der Waals surface area contributed by atoms with Gasteiger partial charge in [0.2, 0.25) is 0 Å². The fraction of sp³-hybridized carbons (Fsp3) is 0.118. The number of methoxy groups -OCH3 is 2. The number of hydrogen-bond acceptors (Lipinski definition) is 7. The molecule has 0 aliphatic rings. The summed E-state index contributed by atoms with van der Waals surface area (Å²) < 4.78 is 14.6. The average Bonchev–Trinajstić information content (AvgIpc) is 2.59. The molecule has 0 fully saturated rings. The molecule has 0 radical (unpaired) electrons. The normalized spacial score (nSPS) is 10.8. The number of carbonyl (C=O) groups is 2. The Kier molecular flexibility index (Phi) is 3.69. The topological polar surface area (TPSA) is 109 Å². The molecule has 2 aromatic carbocycles. The van der Waals surface area contributed by atoms with E-state index in [1.54, 1.807) is 24.3 Å². The third-order valence-corrected chi connectivity index (χ3v) is 3.74. The van der Waals surface area contributed by atoms with E-state index in [9.17, 15) is 14.4 Å². The summed E-state index contributed by atoms with van der Waals surface area (Å²) in [6.07, 6.45) is 0. The second-order valence-corrected chi connectivity index (χ2v) is 5.00. The van der Waals surface area contributed by atoms with Crippen molar-refractivity contribution >= 4 is 39.4 Å². The molecule has 0 aliphatic carbocycles. The third kappa shape index (κ3) is 2.18. The van der Waals surface area contributed by atoms with E-state index in [-0.39, 0.29) is 22.2 Å². The summed E-state index contributed by atoms with van der Waals surface area (Å²) in [6, 6.07) is 8.20. The molecule has 0 bridgehead atoms. The standard InChI is InChI=1S/C17H13NO6/c1-22-15(19)10-7-9-8-5-3-4-6-11(8)24-17(21)12(9)14(18)13(10)16(20)23-2/h3-7H,18H2,1-2H3. The predicted molar refractivity (Wildman–Crippen MR) is 87.1 cm³/mol. The maximum absolute atomic E-state index is 12.3. The molecule has 3 rings (SSSR count). The number of hydrogen-bond donors (Lipinski definition) is 1. The summed E-state index contributed by atoms with van der Waals surface area (Å²) in [6.45, 7) is 0. The number of ether oxygens (including phenoxy) is 2. The fourth-order valence-corrected chi connectivity index (χ4v) is 2.66. The second kappa shape index (κ2) is 5.69. The van der Waals surface area contributed by atoms with Crippen LogP contribution < -0.4 is 11.4 Å². The Hall–Kier alpha value is -3.35. The van der Waals surface area contributed by atoms with Gasteiger partial charge in [0.05, 0.1) is 36.4 Å². The molecule has 7 heteroatoms. The highest BCUT2D eigenvalue weighted by atomic mass is 16.5. The van der Waals surface area contributed by atoms with Gasteiger partial charge >= 0.3 is 17.6 Å². The van der Waals surface area contributed by atoms with E-state index in [0.717, 1.165) is 7.11 Å². The molecule has 3 aromatic rings. The number of nitrogen functional groups attached to an aromatic ring is 1. The van der Waals surface area contributed by atoms with Crippen LogP contribution in [0.5, 0.6) is 0 Å². The number of nitrogens with two attached hydrogens (primary N) is 1. The largest absolute Gasteiger partial charge is 0.465 e. The van der Waals surface area contributed by atoms with Crippen molar-refractivity contribution in [3.05, 3.63) is 51.9 Å². The van der Waals surface area contributed by atoms with Gasteiger partial charge in [0.15, 0.2) is 0 Å². The maximum Gasteiger partial charge on any atom is 0.346 e. The molecule has 0 unspecified atom stereocenters. The number of benzene rings is 2. The first-order chi connectivity index (χ1) is 11.5. The molecule has 1 heterocycles. The molecule has 24 heavy (non-hydrogen) atoms. The average molecular weight is 327 g/mol. The van der Waals surface area contributed by atoms with Gasteiger partial charge < -0.3 is 19.6 Å². The lowest BCUT2D eigenvalue weighted by molar-refractivity contribution is 0.0556. The quantitative estimate of drug-likeness (QED) is 0.332. The van der Waals surface area contributed by atoms with Crippen LogP contribution in [0.1, 0.15) is 20.7 Å². The summed E-state index contributed by atoms with van der Waals surface area (Å²) >= 11 is 0. The van der Waals surface area contributed by atoms with Gasteiger partial charge in [0.25, 0.3) is 0 Å². The Balaban J connectivity index is 2.58. The second-order valence-electron chi connectivity index (χ2n) is 5.00. The minimum absolute atomic E-state index is 0.0155. The summed E-state index contributed by atoms with van der Waals surface area (Å²) in [4.78, 5) is 36.4. The number of fused-ring (bicyclic) bond motifs is 3. The maximum atomic E-state index is 12.3. The van der Waals surface area contributed by atoms with E-state index in [1.807, 2.05) is 0 Å². The molecule has 7 nitrogen and oxygen atoms in total. The van der Waals surface area contributed by atoms with Crippen LogP contribution in [0.4, 0.5) is 5.69 Å². The first-order valence-electron chi connectivity index (χ1n) is 6.94. The van der Waals surface area contributed by atoms with Gasteiger partial charge in [-0.3, -0.25) is 0 Å². The molecule has 0 amide bonds. The lowest BCUT2D eigenvalue weighted by Crippen LogP contribution is -2.17. The third-order valence-electron chi connectivity index (χ3n) is 3.74. The van der Waals surface area contributed by atoms with Crippen LogP contribution >= 0.6 is 0 Å². The molecule has 0 atom stereocenters. The van der Waals surface area contributed by atoms with Crippen molar-refractivity contribution in [2.45, 2.75) is 0 Å². The molecule has 0 aliphatic heterocycles. The highest BCUT2D eigenvalue weighted by molar-refractivity contribution is 6.18. The highest BCUT2D eigenvalue weighted by Gasteiger charge is 2.26. The van der Waals surface area contributed by atoms with E-state index < -0.39 is 17.6 Å². The van der Waals surface area contributed by atoms with Crippen molar-refractivity contribution in [1.82, 2.24) is 0 Å². The van der Waals surface area contributed by atoms with Crippen molar-refractivity contribution in [2.24, 2.45) is 0 Å². The Morgan fingerprint density at radius 2 is 1.71 bits per heavy atom. The van der Waals surface area contributed by atoms with E-state index in [0.29, 0.717) is 16.4 Å². The van der Waals surface area contributed by atoms with Gasteiger partial charge in [-0.1, -0.05) is 18.2 Å². The molecule has 2 N–H and O–H groups in total. The summed E-state index contributed by atoms with van der Waals surface area (Å²) in [7, 11) is 2.33. The molecule has 1 aromatic heterocycles. The van der Waals surface area contributed by atoms with E-state index in [2.05, 4.69) is 4.74 Å². The monoisotopic (exact) mass is 327 g/mol. The fourth-order valence-electron chi connectivity index (χ4n) is 2.66. The van der Waals surface area contributed by atoms with E-state index in [1.165, 1.54) is 13.2 Å². The van der Waals surface area contributed by atoms with Gasteiger partial charge in [-0.2, -0.15) is 0 Å². The summed E-state index contributed by atoms with van der Waals surface area (Å²) in [5, 5.41) is 0.995. The van der Waals surface area contributed by atoms with E-state index >= 15 is 0 Å². The zero-order valence-corrected chi connectivity index (χ0v) is 12.9. The Morgan fingerprint density at radius 1 is 1.04 bits per heavy atom. The minimum atomic E-state index is -0.845. The molecule has 0 saturated heterocycles. The van der Waals surface area contributed by atoms with Crippen LogP contribution in [0, 0.1) is 0 Å². The van der Waals surface area contributed by atoms with Gasteiger partial charge in [0.1, 0.15) is 5.58 Å². The van der Waals surface area contributed by atoms with E-state index in [4.69, 9.17) is 14.9 Å².